The second-order valence-corrected chi connectivity index (χ2v) is 5.56. The van der Waals surface area contributed by atoms with Gasteiger partial charge in [-0.1, -0.05) is 23.2 Å². The molecule has 112 valence electrons. The largest absolute Gasteiger partial charge is 0.378 e. The van der Waals surface area contributed by atoms with Crippen LogP contribution in [0.25, 0.3) is 0 Å². The fraction of sp³-hybridized carbons (Fsp3) is 0.267. The van der Waals surface area contributed by atoms with E-state index in [0.29, 0.717) is 21.7 Å². The zero-order chi connectivity index (χ0) is 15.4. The van der Waals surface area contributed by atoms with Gasteiger partial charge in [0.05, 0.1) is 10.0 Å². The Balaban J connectivity index is 2.24. The Morgan fingerprint density at radius 1 is 1.05 bits per heavy atom. The van der Waals surface area contributed by atoms with Gasteiger partial charge in [-0.25, -0.2) is 4.98 Å². The quantitative estimate of drug-likeness (QED) is 0.841. The summed E-state index contributed by atoms with van der Waals surface area (Å²) in [6, 6.07) is 9.70. The number of aromatic nitrogens is 1. The molecule has 21 heavy (non-hydrogen) atoms. The van der Waals surface area contributed by atoms with Crippen LogP contribution in [0.2, 0.25) is 10.0 Å². The minimum absolute atomic E-state index is 0.485. The third-order valence-corrected chi connectivity index (χ3v) is 3.50. The highest BCUT2D eigenvalue weighted by Gasteiger charge is 2.09. The van der Waals surface area contributed by atoms with Gasteiger partial charge in [0.15, 0.2) is 5.82 Å². The van der Waals surface area contributed by atoms with Crippen molar-refractivity contribution in [1.29, 1.82) is 0 Å². The maximum Gasteiger partial charge on any atom is 0.151 e. The summed E-state index contributed by atoms with van der Waals surface area (Å²) in [7, 11) is 4.01. The number of anilines is 4. The number of halogens is 2. The normalized spacial score (nSPS) is 10.3. The first kappa shape index (κ1) is 15.7. The molecule has 0 bridgehead atoms. The highest BCUT2D eigenvalue weighted by atomic mass is 35.5. The molecule has 1 aromatic heterocycles. The fourth-order valence-corrected chi connectivity index (χ4v) is 2.30. The molecule has 2 rings (SSSR count). The molecule has 6 heteroatoms. The van der Waals surface area contributed by atoms with E-state index in [9.17, 15) is 0 Å². The molecule has 0 radical (unpaired) electrons. The fourth-order valence-electron chi connectivity index (χ4n) is 1.83. The van der Waals surface area contributed by atoms with Crippen molar-refractivity contribution in [2.24, 2.45) is 0 Å². The smallest absolute Gasteiger partial charge is 0.151 e. The summed E-state index contributed by atoms with van der Waals surface area (Å²) in [6.45, 7) is 2.73. The Morgan fingerprint density at radius 2 is 1.67 bits per heavy atom. The average Bonchev–Trinajstić information content (AvgIpc) is 2.45. The Hall–Kier alpha value is -1.65. The number of hydrogen-bond acceptors (Lipinski definition) is 4. The van der Waals surface area contributed by atoms with Crippen molar-refractivity contribution < 1.29 is 0 Å². The van der Waals surface area contributed by atoms with Crippen molar-refractivity contribution in [3.8, 4) is 0 Å². The monoisotopic (exact) mass is 324 g/mol. The molecule has 0 spiro atoms. The van der Waals surface area contributed by atoms with Crippen LogP contribution in [0.4, 0.5) is 23.0 Å². The molecule has 0 aliphatic heterocycles. The predicted molar refractivity (Wildman–Crippen MR) is 92.5 cm³/mol. The first-order valence-electron chi connectivity index (χ1n) is 6.65. The molecule has 0 saturated heterocycles. The summed E-state index contributed by atoms with van der Waals surface area (Å²) >= 11 is 12.3. The lowest BCUT2D eigenvalue weighted by atomic mass is 10.2. The highest BCUT2D eigenvalue weighted by Crippen LogP contribution is 2.31. The van der Waals surface area contributed by atoms with Gasteiger partial charge in [0.25, 0.3) is 0 Å². The lowest BCUT2D eigenvalue weighted by molar-refractivity contribution is 1.13. The van der Waals surface area contributed by atoms with Crippen LogP contribution in [0.3, 0.4) is 0 Å². The number of nitrogens with zero attached hydrogens (tertiary/aromatic N) is 2. The zero-order valence-corrected chi connectivity index (χ0v) is 13.8. The second kappa shape index (κ2) is 6.87. The molecular formula is C15H18Cl2N4. The lowest BCUT2D eigenvalue weighted by Gasteiger charge is -2.14. The van der Waals surface area contributed by atoms with Crippen LogP contribution in [-0.2, 0) is 0 Å². The number of benzene rings is 1. The summed E-state index contributed by atoms with van der Waals surface area (Å²) in [5.41, 5.74) is 2.05. The molecule has 2 N–H and O–H groups in total. The number of nitrogens with one attached hydrogen (secondary N) is 2. The molecule has 0 unspecified atom stereocenters. The van der Waals surface area contributed by atoms with E-state index in [4.69, 9.17) is 23.2 Å². The van der Waals surface area contributed by atoms with Gasteiger partial charge in [-0.3, -0.25) is 0 Å². The molecule has 0 saturated carbocycles. The first-order chi connectivity index (χ1) is 10.0. The van der Waals surface area contributed by atoms with Gasteiger partial charge < -0.3 is 15.5 Å². The van der Waals surface area contributed by atoms with Gasteiger partial charge in [0.2, 0.25) is 0 Å². The summed E-state index contributed by atoms with van der Waals surface area (Å²) in [5, 5.41) is 7.30. The van der Waals surface area contributed by atoms with Gasteiger partial charge in [-0.05, 0) is 37.3 Å². The summed E-state index contributed by atoms with van der Waals surface area (Å²) in [6.07, 6.45) is 0. The SMILES string of the molecule is CCNc1nc(Nc2ccc(N(C)C)cc2)c(Cl)cc1Cl. The molecular weight excluding hydrogens is 307 g/mol. The van der Waals surface area contributed by atoms with Crippen LogP contribution < -0.4 is 15.5 Å². The summed E-state index contributed by atoms with van der Waals surface area (Å²) in [5.74, 6) is 1.20. The zero-order valence-electron chi connectivity index (χ0n) is 12.2. The van der Waals surface area contributed by atoms with Crippen molar-refractivity contribution in [3.63, 3.8) is 0 Å². The van der Waals surface area contributed by atoms with E-state index in [1.807, 2.05) is 50.2 Å². The molecule has 1 aromatic carbocycles. The van der Waals surface area contributed by atoms with Crippen molar-refractivity contribution >= 4 is 46.2 Å². The number of pyridine rings is 1. The standard InChI is InChI=1S/C15H18Cl2N4/c1-4-18-14-12(16)9-13(17)15(20-14)19-10-5-7-11(8-6-10)21(2)3/h5-9H,4H2,1-3H3,(H2,18,19,20). The van der Waals surface area contributed by atoms with Crippen molar-refractivity contribution in [1.82, 2.24) is 4.98 Å². The predicted octanol–water partition coefficient (Wildman–Crippen LogP) is 4.63. The maximum absolute atomic E-state index is 6.19. The maximum atomic E-state index is 6.19. The highest BCUT2D eigenvalue weighted by molar-refractivity contribution is 6.37. The average molecular weight is 325 g/mol. The summed E-state index contributed by atoms with van der Waals surface area (Å²) in [4.78, 5) is 6.46. The third-order valence-electron chi connectivity index (χ3n) is 2.92. The van der Waals surface area contributed by atoms with E-state index in [1.165, 1.54) is 0 Å². The van der Waals surface area contributed by atoms with E-state index in [2.05, 4.69) is 15.6 Å². The molecule has 4 nitrogen and oxygen atoms in total. The number of hydrogen-bond donors (Lipinski definition) is 2. The minimum atomic E-state index is 0.485. The first-order valence-corrected chi connectivity index (χ1v) is 7.41. The van der Waals surface area contributed by atoms with Crippen molar-refractivity contribution in [2.45, 2.75) is 6.92 Å². The molecule has 2 aromatic rings. The van der Waals surface area contributed by atoms with Gasteiger partial charge in [0.1, 0.15) is 5.82 Å². The number of rotatable bonds is 5. The van der Waals surface area contributed by atoms with Crippen molar-refractivity contribution in [2.75, 3.05) is 36.2 Å². The molecule has 0 atom stereocenters. The molecule has 0 amide bonds. The van der Waals surface area contributed by atoms with E-state index in [1.54, 1.807) is 6.07 Å². The summed E-state index contributed by atoms with van der Waals surface area (Å²) < 4.78 is 0. The van der Waals surface area contributed by atoms with Gasteiger partial charge >= 0.3 is 0 Å². The van der Waals surface area contributed by atoms with E-state index in [-0.39, 0.29) is 0 Å². The van der Waals surface area contributed by atoms with Gasteiger partial charge in [0, 0.05) is 32.0 Å². The molecule has 0 fully saturated rings. The molecule has 1 heterocycles. The van der Waals surface area contributed by atoms with Crippen LogP contribution in [0.15, 0.2) is 30.3 Å². The van der Waals surface area contributed by atoms with Gasteiger partial charge in [-0.2, -0.15) is 0 Å². The van der Waals surface area contributed by atoms with E-state index in [0.717, 1.165) is 17.9 Å². The van der Waals surface area contributed by atoms with Crippen LogP contribution >= 0.6 is 23.2 Å². The Kier molecular flexibility index (Phi) is 5.15. The molecule has 0 aliphatic carbocycles. The minimum Gasteiger partial charge on any atom is -0.378 e. The Labute approximate surface area is 135 Å². The topological polar surface area (TPSA) is 40.2 Å². The van der Waals surface area contributed by atoms with Crippen LogP contribution in [0.5, 0.6) is 0 Å². The van der Waals surface area contributed by atoms with E-state index >= 15 is 0 Å². The lowest BCUT2D eigenvalue weighted by Crippen LogP contribution is -2.08. The Bertz CT molecular complexity index is 612. The van der Waals surface area contributed by atoms with Crippen LogP contribution in [0.1, 0.15) is 6.92 Å². The molecule has 0 aliphatic rings. The third kappa shape index (κ3) is 3.93. The van der Waals surface area contributed by atoms with Gasteiger partial charge in [-0.15, -0.1) is 0 Å². The van der Waals surface area contributed by atoms with Crippen molar-refractivity contribution in [3.05, 3.63) is 40.4 Å². The van der Waals surface area contributed by atoms with E-state index < -0.39 is 0 Å². The van der Waals surface area contributed by atoms with Crippen LogP contribution in [0, 0.1) is 0 Å². The second-order valence-electron chi connectivity index (χ2n) is 4.75. The Morgan fingerprint density at radius 3 is 2.24 bits per heavy atom. The van der Waals surface area contributed by atoms with Crippen LogP contribution in [-0.4, -0.2) is 25.6 Å².